The Balaban J connectivity index is 0. The molecule has 4 N–H and O–H groups in total. The normalized spacial score (nSPS) is 12.0. The van der Waals surface area contributed by atoms with Gasteiger partial charge in [-0.2, -0.15) is 0 Å². The van der Waals surface area contributed by atoms with Crippen LogP contribution >= 0.6 is 17.0 Å². The van der Waals surface area contributed by atoms with Crippen LogP contribution in [0.5, 0.6) is 0 Å². The molecule has 0 saturated heterocycles. The summed E-state index contributed by atoms with van der Waals surface area (Å²) in [5, 5.41) is 0. The summed E-state index contributed by atoms with van der Waals surface area (Å²) in [6.07, 6.45) is 6.93. The van der Waals surface area contributed by atoms with E-state index in [1.54, 1.807) is 18.5 Å². The van der Waals surface area contributed by atoms with E-state index < -0.39 is 0 Å². The molecule has 0 aliphatic carbocycles. The Kier molecular flexibility index (Phi) is 8.55. The number of allylic oxidation sites excluding steroid dienone is 2. The molecular weight excluding hydrogens is 172 g/mol. The van der Waals surface area contributed by atoms with E-state index in [1.165, 1.54) is 0 Å². The SMILES string of the molecule is Br.C1=CNOC=C1.N. The molecule has 0 aromatic rings. The summed E-state index contributed by atoms with van der Waals surface area (Å²) in [7, 11) is 0. The predicted octanol–water partition coefficient (Wildman–Crippen LogP) is 1.29. The fourth-order valence-corrected chi connectivity index (χ4v) is 0.258. The summed E-state index contributed by atoms with van der Waals surface area (Å²) >= 11 is 0. The molecule has 0 unspecified atom stereocenters. The van der Waals surface area contributed by atoms with E-state index >= 15 is 0 Å². The van der Waals surface area contributed by atoms with Crippen LogP contribution in [-0.4, -0.2) is 0 Å². The molecule has 1 heterocycles. The molecule has 0 radical (unpaired) electrons. The van der Waals surface area contributed by atoms with Crippen molar-refractivity contribution in [1.29, 1.82) is 0 Å². The van der Waals surface area contributed by atoms with Crippen LogP contribution in [0.4, 0.5) is 0 Å². The molecule has 1 rings (SSSR count). The van der Waals surface area contributed by atoms with Crippen molar-refractivity contribution in [3.63, 3.8) is 0 Å². The molecule has 4 heteroatoms. The van der Waals surface area contributed by atoms with Gasteiger partial charge in [-0.05, 0) is 12.2 Å². The average Bonchev–Trinajstić information content (AvgIpc) is 1.72. The topological polar surface area (TPSA) is 56.3 Å². The van der Waals surface area contributed by atoms with Crippen molar-refractivity contribution in [3.8, 4) is 0 Å². The highest BCUT2D eigenvalue weighted by Crippen LogP contribution is 1.80. The number of halogens is 1. The summed E-state index contributed by atoms with van der Waals surface area (Å²) in [6.45, 7) is 0. The highest BCUT2D eigenvalue weighted by atomic mass is 79.9. The molecule has 0 spiro atoms. The van der Waals surface area contributed by atoms with Crippen molar-refractivity contribution < 1.29 is 4.84 Å². The Morgan fingerprint density at radius 2 is 2.00 bits per heavy atom. The Morgan fingerprint density at radius 3 is 2.12 bits per heavy atom. The van der Waals surface area contributed by atoms with E-state index in [1.807, 2.05) is 6.08 Å². The van der Waals surface area contributed by atoms with Gasteiger partial charge >= 0.3 is 0 Å². The molecular formula is C4H9BrN2O. The van der Waals surface area contributed by atoms with Gasteiger partial charge in [-0.1, -0.05) is 0 Å². The molecule has 1 aliphatic heterocycles. The lowest BCUT2D eigenvalue weighted by atomic mass is 10.6. The van der Waals surface area contributed by atoms with Gasteiger partial charge in [0.1, 0.15) is 6.26 Å². The lowest BCUT2D eigenvalue weighted by molar-refractivity contribution is 0.172. The first-order valence-electron chi connectivity index (χ1n) is 1.73. The minimum atomic E-state index is 0. The highest BCUT2D eigenvalue weighted by molar-refractivity contribution is 8.93. The van der Waals surface area contributed by atoms with Crippen molar-refractivity contribution >= 4 is 17.0 Å². The lowest BCUT2D eigenvalue weighted by Crippen LogP contribution is -2.01. The van der Waals surface area contributed by atoms with E-state index in [9.17, 15) is 0 Å². The van der Waals surface area contributed by atoms with Crippen LogP contribution in [-0.2, 0) is 4.84 Å². The maximum Gasteiger partial charge on any atom is 0.119 e. The summed E-state index contributed by atoms with van der Waals surface area (Å²) in [4.78, 5) is 4.55. The number of rotatable bonds is 0. The van der Waals surface area contributed by atoms with Gasteiger partial charge in [0.15, 0.2) is 0 Å². The van der Waals surface area contributed by atoms with Crippen molar-refractivity contribution in [1.82, 2.24) is 11.6 Å². The van der Waals surface area contributed by atoms with Crippen molar-refractivity contribution in [2.75, 3.05) is 0 Å². The molecule has 0 saturated carbocycles. The number of hydroxylamine groups is 1. The smallest absolute Gasteiger partial charge is 0.119 e. The first-order chi connectivity index (χ1) is 3.00. The zero-order chi connectivity index (χ0) is 4.24. The zero-order valence-corrected chi connectivity index (χ0v) is 6.05. The van der Waals surface area contributed by atoms with Crippen molar-refractivity contribution in [2.24, 2.45) is 0 Å². The summed E-state index contributed by atoms with van der Waals surface area (Å²) in [5.74, 6) is 0. The van der Waals surface area contributed by atoms with Gasteiger partial charge in [0.25, 0.3) is 0 Å². The van der Waals surface area contributed by atoms with Gasteiger partial charge in [0.2, 0.25) is 0 Å². The van der Waals surface area contributed by atoms with E-state index in [0.29, 0.717) is 0 Å². The fourth-order valence-electron chi connectivity index (χ4n) is 0.258. The van der Waals surface area contributed by atoms with Gasteiger partial charge in [0, 0.05) is 6.20 Å². The van der Waals surface area contributed by atoms with E-state index in [4.69, 9.17) is 0 Å². The quantitative estimate of drug-likeness (QED) is 0.591. The standard InChI is InChI=1S/C4H5NO.BrH.H3N/c1-2-4-6-5-3-1;;/h1-5H;1H;1H3. The number of hydrogen-bond donors (Lipinski definition) is 2. The number of nitrogens with one attached hydrogen (secondary N) is 1. The Hall–Kier alpha value is -0.480. The molecule has 0 fully saturated rings. The maximum absolute atomic E-state index is 4.55. The van der Waals surface area contributed by atoms with E-state index in [2.05, 4.69) is 10.3 Å². The van der Waals surface area contributed by atoms with Crippen LogP contribution in [0.3, 0.4) is 0 Å². The minimum absolute atomic E-state index is 0. The Bertz CT molecular complexity index is 80.0. The number of hydrogen-bond acceptors (Lipinski definition) is 3. The highest BCUT2D eigenvalue weighted by Gasteiger charge is 1.72. The predicted molar refractivity (Wildman–Crippen MR) is 37.8 cm³/mol. The van der Waals surface area contributed by atoms with E-state index in [0.717, 1.165) is 0 Å². The third-order valence-electron chi connectivity index (χ3n) is 0.490. The average molecular weight is 181 g/mol. The molecule has 48 valence electrons. The van der Waals surface area contributed by atoms with Crippen LogP contribution in [0, 0.1) is 0 Å². The first kappa shape index (κ1) is 10.5. The monoisotopic (exact) mass is 180 g/mol. The summed E-state index contributed by atoms with van der Waals surface area (Å²) < 4.78 is 0. The molecule has 8 heavy (non-hydrogen) atoms. The molecule has 3 nitrogen and oxygen atoms in total. The molecule has 0 aromatic carbocycles. The van der Waals surface area contributed by atoms with E-state index in [-0.39, 0.29) is 23.1 Å². The molecule has 0 bridgehead atoms. The van der Waals surface area contributed by atoms with Gasteiger partial charge < -0.3 is 11.0 Å². The second kappa shape index (κ2) is 6.52. The van der Waals surface area contributed by atoms with Crippen LogP contribution < -0.4 is 11.6 Å². The fraction of sp³-hybridized carbons (Fsp3) is 0. The van der Waals surface area contributed by atoms with Crippen LogP contribution in [0.1, 0.15) is 0 Å². The first-order valence-corrected chi connectivity index (χ1v) is 1.73. The third-order valence-corrected chi connectivity index (χ3v) is 0.490. The van der Waals surface area contributed by atoms with Gasteiger partial charge in [-0.3, -0.25) is 0 Å². The van der Waals surface area contributed by atoms with Gasteiger partial charge in [-0.25, -0.2) is 5.48 Å². The second-order valence-electron chi connectivity index (χ2n) is 0.923. The lowest BCUT2D eigenvalue weighted by Gasteiger charge is -1.97. The largest absolute Gasteiger partial charge is 0.391 e. The van der Waals surface area contributed by atoms with Crippen LogP contribution in [0.2, 0.25) is 0 Å². The molecule has 0 aromatic heterocycles. The zero-order valence-electron chi connectivity index (χ0n) is 4.33. The summed E-state index contributed by atoms with van der Waals surface area (Å²) in [6, 6.07) is 0. The Labute approximate surface area is 58.7 Å². The van der Waals surface area contributed by atoms with Gasteiger partial charge in [0.05, 0.1) is 0 Å². The minimum Gasteiger partial charge on any atom is -0.391 e. The van der Waals surface area contributed by atoms with Crippen molar-refractivity contribution in [2.45, 2.75) is 0 Å². The van der Waals surface area contributed by atoms with Gasteiger partial charge in [-0.15, -0.1) is 17.0 Å². The third kappa shape index (κ3) is 3.70. The Morgan fingerprint density at radius 1 is 1.25 bits per heavy atom. The molecule has 0 atom stereocenters. The molecule has 0 amide bonds. The van der Waals surface area contributed by atoms with Crippen molar-refractivity contribution in [3.05, 3.63) is 24.6 Å². The summed E-state index contributed by atoms with van der Waals surface area (Å²) in [5.41, 5.74) is 2.52. The van der Waals surface area contributed by atoms with Crippen LogP contribution in [0.25, 0.3) is 0 Å². The second-order valence-corrected chi connectivity index (χ2v) is 0.923. The molecule has 1 aliphatic rings. The maximum atomic E-state index is 4.55. The van der Waals surface area contributed by atoms with Crippen LogP contribution in [0.15, 0.2) is 24.6 Å².